The van der Waals surface area contributed by atoms with E-state index in [-0.39, 0.29) is 17.1 Å². The van der Waals surface area contributed by atoms with Gasteiger partial charge in [0.05, 0.1) is 5.56 Å². The van der Waals surface area contributed by atoms with Crippen molar-refractivity contribution in [1.82, 2.24) is 5.43 Å². The molecule has 1 aliphatic carbocycles. The molecule has 4 nitrogen and oxygen atoms in total. The minimum Gasteiger partial charge on any atom is -0.299 e. The molecule has 1 aromatic rings. The first-order valence-corrected chi connectivity index (χ1v) is 7.57. The lowest BCUT2D eigenvalue weighted by molar-refractivity contribution is -0.120. The molecule has 1 aliphatic rings. The molecule has 1 aromatic carbocycles. The summed E-state index contributed by atoms with van der Waals surface area (Å²) in [5.41, 5.74) is 3.84. The highest BCUT2D eigenvalue weighted by molar-refractivity contribution is 14.1. The van der Waals surface area contributed by atoms with E-state index in [1.807, 2.05) is 32.0 Å². The van der Waals surface area contributed by atoms with Crippen LogP contribution >= 0.6 is 22.6 Å². The molecule has 106 valence electrons. The molecule has 20 heavy (non-hydrogen) atoms. The van der Waals surface area contributed by atoms with Crippen molar-refractivity contribution in [3.63, 3.8) is 0 Å². The van der Waals surface area contributed by atoms with Gasteiger partial charge in [-0.25, -0.2) is 5.43 Å². The highest BCUT2D eigenvalue weighted by atomic mass is 127. The maximum Gasteiger partial charge on any atom is 0.272 e. The topological polar surface area (TPSA) is 58.5 Å². The number of amides is 1. The van der Waals surface area contributed by atoms with E-state index in [1.165, 1.54) is 0 Å². The average Bonchev–Trinajstić information content (AvgIpc) is 2.34. The Labute approximate surface area is 132 Å². The fourth-order valence-electron chi connectivity index (χ4n) is 2.42. The van der Waals surface area contributed by atoms with Crippen LogP contribution in [0.5, 0.6) is 0 Å². The molecule has 2 rings (SSSR count). The first-order chi connectivity index (χ1) is 9.37. The van der Waals surface area contributed by atoms with Crippen molar-refractivity contribution in [2.24, 2.45) is 10.5 Å². The summed E-state index contributed by atoms with van der Waals surface area (Å²) in [4.78, 5) is 23.7. The maximum atomic E-state index is 12.0. The molecule has 0 saturated heterocycles. The molecule has 1 fully saturated rings. The van der Waals surface area contributed by atoms with Gasteiger partial charge in [0, 0.05) is 22.1 Å². The van der Waals surface area contributed by atoms with E-state index in [1.54, 1.807) is 6.07 Å². The van der Waals surface area contributed by atoms with Gasteiger partial charge in [0.1, 0.15) is 5.78 Å². The Balaban J connectivity index is 2.08. The number of hydrogen-bond donors (Lipinski definition) is 1. The molecule has 0 atom stereocenters. The summed E-state index contributed by atoms with van der Waals surface area (Å²) in [6, 6.07) is 7.33. The highest BCUT2D eigenvalue weighted by Gasteiger charge is 2.30. The molecule has 0 aliphatic heterocycles. The van der Waals surface area contributed by atoms with Gasteiger partial charge in [-0.3, -0.25) is 9.59 Å². The van der Waals surface area contributed by atoms with Crippen LogP contribution in [0.4, 0.5) is 0 Å². The minimum absolute atomic E-state index is 0.0694. The Morgan fingerprint density at radius 1 is 1.30 bits per heavy atom. The van der Waals surface area contributed by atoms with E-state index in [2.05, 4.69) is 33.1 Å². The summed E-state index contributed by atoms with van der Waals surface area (Å²) in [6.45, 7) is 4.09. The molecule has 1 N–H and O–H groups in total. The van der Waals surface area contributed by atoms with E-state index in [0.717, 1.165) is 15.7 Å². The standard InChI is InChI=1S/C15H17IN2O2/c1-15(2)8-10(7-11(19)9-15)17-18-14(20)12-5-3-4-6-13(12)16/h3-6H,7-9H2,1-2H3,(H,18,20)/b17-10+. The van der Waals surface area contributed by atoms with Crippen LogP contribution in [0.15, 0.2) is 29.4 Å². The van der Waals surface area contributed by atoms with Gasteiger partial charge in [-0.2, -0.15) is 5.10 Å². The van der Waals surface area contributed by atoms with Crippen LogP contribution in [0.2, 0.25) is 0 Å². The molecule has 0 unspecified atom stereocenters. The average molecular weight is 384 g/mol. The van der Waals surface area contributed by atoms with Gasteiger partial charge in [0.2, 0.25) is 0 Å². The van der Waals surface area contributed by atoms with Gasteiger partial charge < -0.3 is 0 Å². The molecule has 5 heteroatoms. The highest BCUT2D eigenvalue weighted by Crippen LogP contribution is 2.31. The number of benzene rings is 1. The summed E-state index contributed by atoms with van der Waals surface area (Å²) in [6.07, 6.45) is 1.66. The van der Waals surface area contributed by atoms with E-state index in [0.29, 0.717) is 18.4 Å². The molecular weight excluding hydrogens is 367 g/mol. The number of carbonyl (C=O) groups is 2. The van der Waals surface area contributed by atoms with Gasteiger partial charge in [0.25, 0.3) is 5.91 Å². The third kappa shape index (κ3) is 3.88. The largest absolute Gasteiger partial charge is 0.299 e. The summed E-state index contributed by atoms with van der Waals surface area (Å²) in [5.74, 6) is -0.0538. The lowest BCUT2D eigenvalue weighted by atomic mass is 9.76. The normalized spacial score (nSPS) is 19.9. The number of carbonyl (C=O) groups excluding carboxylic acids is 2. The first-order valence-electron chi connectivity index (χ1n) is 6.49. The fraction of sp³-hybridized carbons (Fsp3) is 0.400. The number of rotatable bonds is 2. The Bertz CT molecular complexity index is 579. The minimum atomic E-state index is -0.238. The van der Waals surface area contributed by atoms with E-state index < -0.39 is 0 Å². The van der Waals surface area contributed by atoms with Crippen LogP contribution in [-0.2, 0) is 4.79 Å². The Morgan fingerprint density at radius 3 is 2.65 bits per heavy atom. The third-order valence-electron chi connectivity index (χ3n) is 3.19. The zero-order valence-corrected chi connectivity index (χ0v) is 13.7. The molecule has 0 bridgehead atoms. The number of ketones is 1. The van der Waals surface area contributed by atoms with Crippen molar-refractivity contribution < 1.29 is 9.59 Å². The molecule has 0 radical (unpaired) electrons. The predicted octanol–water partition coefficient (Wildman–Crippen LogP) is 3.16. The van der Waals surface area contributed by atoms with Gasteiger partial charge in [-0.05, 0) is 46.6 Å². The predicted molar refractivity (Wildman–Crippen MR) is 86.7 cm³/mol. The summed E-state index contributed by atoms with van der Waals surface area (Å²) >= 11 is 2.12. The Kier molecular flexibility index (Phi) is 4.57. The van der Waals surface area contributed by atoms with Crippen LogP contribution in [0.3, 0.4) is 0 Å². The van der Waals surface area contributed by atoms with Gasteiger partial charge in [-0.1, -0.05) is 26.0 Å². The zero-order valence-electron chi connectivity index (χ0n) is 11.6. The smallest absolute Gasteiger partial charge is 0.272 e. The zero-order chi connectivity index (χ0) is 14.8. The maximum absolute atomic E-state index is 12.0. The number of Topliss-reactive ketones (excluding diaryl/α,β-unsaturated/α-hetero) is 1. The van der Waals surface area contributed by atoms with Crippen molar-refractivity contribution in [1.29, 1.82) is 0 Å². The van der Waals surface area contributed by atoms with Crippen molar-refractivity contribution >= 4 is 40.0 Å². The number of halogens is 1. The molecular formula is C15H17IN2O2. The van der Waals surface area contributed by atoms with Crippen molar-refractivity contribution in [2.45, 2.75) is 33.1 Å². The van der Waals surface area contributed by atoms with Gasteiger partial charge in [-0.15, -0.1) is 0 Å². The lowest BCUT2D eigenvalue weighted by Gasteiger charge is -2.29. The molecule has 0 aromatic heterocycles. The molecule has 1 amide bonds. The Morgan fingerprint density at radius 2 is 2.00 bits per heavy atom. The molecule has 0 heterocycles. The van der Waals surface area contributed by atoms with E-state index >= 15 is 0 Å². The monoisotopic (exact) mass is 384 g/mol. The Hall–Kier alpha value is -1.24. The number of nitrogens with one attached hydrogen (secondary N) is 1. The lowest BCUT2D eigenvalue weighted by Crippen LogP contribution is -2.31. The van der Waals surface area contributed by atoms with Gasteiger partial charge >= 0.3 is 0 Å². The first kappa shape index (κ1) is 15.2. The second kappa shape index (κ2) is 6.03. The van der Waals surface area contributed by atoms with Crippen LogP contribution < -0.4 is 5.43 Å². The van der Waals surface area contributed by atoms with E-state index in [9.17, 15) is 9.59 Å². The van der Waals surface area contributed by atoms with E-state index in [4.69, 9.17) is 0 Å². The SMILES string of the molecule is CC1(C)CC(=O)C/C(=N\NC(=O)c2ccccc2I)C1. The fourth-order valence-corrected chi connectivity index (χ4v) is 3.05. The van der Waals surface area contributed by atoms with Crippen LogP contribution in [0.1, 0.15) is 43.5 Å². The van der Waals surface area contributed by atoms with Crippen LogP contribution in [0, 0.1) is 8.99 Å². The number of hydrogen-bond acceptors (Lipinski definition) is 3. The number of nitrogens with zero attached hydrogens (tertiary/aromatic N) is 1. The summed E-state index contributed by atoms with van der Waals surface area (Å²) < 4.78 is 0.878. The van der Waals surface area contributed by atoms with Crippen molar-refractivity contribution in [3.05, 3.63) is 33.4 Å². The van der Waals surface area contributed by atoms with Crippen LogP contribution in [0.25, 0.3) is 0 Å². The third-order valence-corrected chi connectivity index (χ3v) is 4.13. The van der Waals surface area contributed by atoms with Crippen molar-refractivity contribution in [2.75, 3.05) is 0 Å². The number of hydrazone groups is 1. The second-order valence-corrected chi connectivity index (χ2v) is 6.99. The summed E-state index contributed by atoms with van der Waals surface area (Å²) in [5, 5.41) is 4.14. The quantitative estimate of drug-likeness (QED) is 0.629. The van der Waals surface area contributed by atoms with Gasteiger partial charge in [0.15, 0.2) is 0 Å². The molecule has 0 spiro atoms. The molecule has 1 saturated carbocycles. The van der Waals surface area contributed by atoms with Crippen molar-refractivity contribution in [3.8, 4) is 0 Å². The summed E-state index contributed by atoms with van der Waals surface area (Å²) in [7, 11) is 0. The second-order valence-electron chi connectivity index (χ2n) is 5.83. The van der Waals surface area contributed by atoms with Crippen LogP contribution in [-0.4, -0.2) is 17.4 Å².